The molecule has 0 rings (SSSR count). The number of nitrogens with one attached hydrogen (secondary N) is 1. The largest absolute Gasteiger partial charge is 0.362 e. The van der Waals surface area contributed by atoms with E-state index in [0.717, 1.165) is 0 Å². The number of carbonyl (C=O) groups excluding carboxylic acids is 1. The van der Waals surface area contributed by atoms with Gasteiger partial charge in [-0.15, -0.1) is 0 Å². The van der Waals surface area contributed by atoms with E-state index in [1.54, 1.807) is 14.0 Å². The molecule has 0 aromatic rings. The molecule has 8 heavy (non-hydrogen) atoms. The molecule has 0 bridgehead atoms. The molecule has 1 N–H and O–H groups in total. The molecule has 3 nitrogen and oxygen atoms in total. The number of methoxy groups -OCH3 is 1. The first-order chi connectivity index (χ1) is 3.66. The van der Waals surface area contributed by atoms with Crippen molar-refractivity contribution in [2.24, 2.45) is 0 Å². The molecule has 0 aliphatic rings. The quantitative estimate of drug-likeness (QED) is 0.521. The Kier molecular flexibility index (Phi) is 3.19. The number of rotatable bonds is 2. The smallest absolute Gasteiger partial charge is 0.218 e. The summed E-state index contributed by atoms with van der Waals surface area (Å²) in [6, 6.07) is 0. The van der Waals surface area contributed by atoms with Crippen molar-refractivity contribution in [1.82, 2.24) is 5.32 Å². The van der Waals surface area contributed by atoms with Crippen LogP contribution in [0.1, 0.15) is 13.8 Å². The molecule has 48 valence electrons. The average Bonchev–Trinajstić information content (AvgIpc) is 1.65. The molecule has 0 aromatic carbocycles. The Morgan fingerprint density at radius 1 is 1.75 bits per heavy atom. The zero-order valence-electron chi connectivity index (χ0n) is 5.39. The van der Waals surface area contributed by atoms with Crippen LogP contribution < -0.4 is 5.32 Å². The van der Waals surface area contributed by atoms with Gasteiger partial charge in [0.05, 0.1) is 0 Å². The summed E-state index contributed by atoms with van der Waals surface area (Å²) in [6.45, 7) is 3.22. The Bertz CT molecular complexity index is 82.5. The Hall–Kier alpha value is -0.570. The number of hydrogen-bond donors (Lipinski definition) is 1. The summed E-state index contributed by atoms with van der Waals surface area (Å²) < 4.78 is 4.73. The van der Waals surface area contributed by atoms with Crippen LogP contribution in [0.5, 0.6) is 0 Å². The van der Waals surface area contributed by atoms with Gasteiger partial charge in [0, 0.05) is 14.0 Å². The molecule has 0 aliphatic heterocycles. The lowest BCUT2D eigenvalue weighted by Gasteiger charge is -2.08. The van der Waals surface area contributed by atoms with Crippen LogP contribution in [0, 0.1) is 0 Å². The van der Waals surface area contributed by atoms with E-state index in [4.69, 9.17) is 4.74 Å². The van der Waals surface area contributed by atoms with Crippen molar-refractivity contribution in [3.8, 4) is 0 Å². The van der Waals surface area contributed by atoms with E-state index in [2.05, 4.69) is 5.32 Å². The standard InChI is InChI=1S/C5H11NO2/c1-4(7)6-5(2)8-3/h5H,1-3H3,(H,6,7). The molecule has 0 saturated carbocycles. The number of amides is 1. The topological polar surface area (TPSA) is 38.3 Å². The first-order valence-electron chi connectivity index (χ1n) is 2.46. The van der Waals surface area contributed by atoms with Crippen LogP contribution in [-0.2, 0) is 9.53 Å². The van der Waals surface area contributed by atoms with Crippen LogP contribution in [0.3, 0.4) is 0 Å². The van der Waals surface area contributed by atoms with Crippen molar-refractivity contribution < 1.29 is 9.53 Å². The van der Waals surface area contributed by atoms with Crippen LogP contribution >= 0.6 is 0 Å². The molecule has 1 amide bonds. The Morgan fingerprint density at radius 3 is 2.38 bits per heavy atom. The van der Waals surface area contributed by atoms with Crippen molar-refractivity contribution in [2.75, 3.05) is 7.11 Å². The molecular weight excluding hydrogens is 106 g/mol. The highest BCUT2D eigenvalue weighted by atomic mass is 16.5. The average molecular weight is 117 g/mol. The fourth-order valence-corrected chi connectivity index (χ4v) is 0.345. The minimum atomic E-state index is -0.174. The molecular formula is C5H11NO2. The molecule has 0 heterocycles. The Balaban J connectivity index is 3.24. The van der Waals surface area contributed by atoms with E-state index in [1.165, 1.54) is 6.92 Å². The van der Waals surface area contributed by atoms with Gasteiger partial charge in [0.2, 0.25) is 5.91 Å². The number of ether oxygens (including phenoxy) is 1. The summed E-state index contributed by atoms with van der Waals surface area (Å²) in [4.78, 5) is 10.2. The third-order valence-electron chi connectivity index (χ3n) is 0.760. The third-order valence-corrected chi connectivity index (χ3v) is 0.760. The molecule has 0 saturated heterocycles. The van der Waals surface area contributed by atoms with Gasteiger partial charge in [-0.05, 0) is 6.92 Å². The zero-order valence-corrected chi connectivity index (χ0v) is 5.39. The molecule has 0 spiro atoms. The van der Waals surface area contributed by atoms with E-state index in [-0.39, 0.29) is 12.1 Å². The van der Waals surface area contributed by atoms with Gasteiger partial charge in [-0.3, -0.25) is 4.79 Å². The third kappa shape index (κ3) is 3.61. The minimum Gasteiger partial charge on any atom is -0.362 e. The van der Waals surface area contributed by atoms with Crippen molar-refractivity contribution >= 4 is 5.91 Å². The highest BCUT2D eigenvalue weighted by Crippen LogP contribution is 1.78. The fraction of sp³-hybridized carbons (Fsp3) is 0.800. The van der Waals surface area contributed by atoms with Crippen LogP contribution in [0.15, 0.2) is 0 Å². The lowest BCUT2D eigenvalue weighted by Crippen LogP contribution is -2.31. The summed E-state index contributed by atoms with van der Waals surface area (Å²) in [5.74, 6) is -0.0700. The summed E-state index contributed by atoms with van der Waals surface area (Å²) >= 11 is 0. The molecule has 0 radical (unpaired) electrons. The summed E-state index contributed by atoms with van der Waals surface area (Å²) in [6.07, 6.45) is -0.174. The molecule has 0 aromatic heterocycles. The molecule has 1 unspecified atom stereocenters. The maximum absolute atomic E-state index is 10.2. The van der Waals surface area contributed by atoms with Gasteiger partial charge in [-0.2, -0.15) is 0 Å². The maximum atomic E-state index is 10.2. The summed E-state index contributed by atoms with van der Waals surface area (Å²) in [5, 5.41) is 2.53. The van der Waals surface area contributed by atoms with Gasteiger partial charge < -0.3 is 10.1 Å². The van der Waals surface area contributed by atoms with Gasteiger partial charge in [0.15, 0.2) is 0 Å². The molecule has 0 aliphatic carbocycles. The second kappa shape index (κ2) is 3.43. The first kappa shape index (κ1) is 7.43. The van der Waals surface area contributed by atoms with E-state index in [9.17, 15) is 4.79 Å². The highest BCUT2D eigenvalue weighted by Gasteiger charge is 1.96. The van der Waals surface area contributed by atoms with Gasteiger partial charge >= 0.3 is 0 Å². The lowest BCUT2D eigenvalue weighted by atomic mass is 10.6. The highest BCUT2D eigenvalue weighted by molar-refractivity contribution is 5.72. The maximum Gasteiger partial charge on any atom is 0.218 e. The van der Waals surface area contributed by atoms with Crippen molar-refractivity contribution in [1.29, 1.82) is 0 Å². The normalized spacial score (nSPS) is 12.9. The van der Waals surface area contributed by atoms with Gasteiger partial charge in [0.25, 0.3) is 0 Å². The first-order valence-corrected chi connectivity index (χ1v) is 2.46. The van der Waals surface area contributed by atoms with Crippen LogP contribution in [0.4, 0.5) is 0 Å². The number of carbonyl (C=O) groups is 1. The summed E-state index contributed by atoms with van der Waals surface area (Å²) in [7, 11) is 1.54. The predicted octanol–water partition coefficient (Wildman–Crippen LogP) is 0.115. The monoisotopic (exact) mass is 117 g/mol. The minimum absolute atomic E-state index is 0.0700. The van der Waals surface area contributed by atoms with Crippen LogP contribution in [0.2, 0.25) is 0 Å². The number of hydrogen-bond acceptors (Lipinski definition) is 2. The fourth-order valence-electron chi connectivity index (χ4n) is 0.345. The second-order valence-electron chi connectivity index (χ2n) is 1.58. The van der Waals surface area contributed by atoms with Crippen molar-refractivity contribution in [3.63, 3.8) is 0 Å². The van der Waals surface area contributed by atoms with E-state index < -0.39 is 0 Å². The SMILES string of the molecule is COC(C)NC(C)=O. The van der Waals surface area contributed by atoms with E-state index in [0.29, 0.717) is 0 Å². The zero-order chi connectivity index (χ0) is 6.57. The Labute approximate surface area is 49.0 Å². The van der Waals surface area contributed by atoms with Gasteiger partial charge in [-0.1, -0.05) is 0 Å². The molecule has 1 atom stereocenters. The van der Waals surface area contributed by atoms with Crippen LogP contribution in [-0.4, -0.2) is 19.2 Å². The van der Waals surface area contributed by atoms with Crippen LogP contribution in [0.25, 0.3) is 0 Å². The van der Waals surface area contributed by atoms with Gasteiger partial charge in [-0.25, -0.2) is 0 Å². The van der Waals surface area contributed by atoms with E-state index in [1.807, 2.05) is 0 Å². The molecule has 0 fully saturated rings. The second-order valence-corrected chi connectivity index (χ2v) is 1.58. The lowest BCUT2D eigenvalue weighted by molar-refractivity contribution is -0.122. The van der Waals surface area contributed by atoms with Crippen molar-refractivity contribution in [3.05, 3.63) is 0 Å². The van der Waals surface area contributed by atoms with E-state index >= 15 is 0 Å². The predicted molar refractivity (Wildman–Crippen MR) is 30.3 cm³/mol. The van der Waals surface area contributed by atoms with Crippen molar-refractivity contribution in [2.45, 2.75) is 20.1 Å². The van der Waals surface area contributed by atoms with Gasteiger partial charge in [0.1, 0.15) is 6.23 Å². The molecule has 3 heteroatoms. The Morgan fingerprint density at radius 2 is 2.25 bits per heavy atom. The summed E-state index contributed by atoms with van der Waals surface area (Å²) in [5.41, 5.74) is 0.